The number of hydrogen-bond donors (Lipinski definition) is 6. The topological polar surface area (TPSA) is 149 Å². The van der Waals surface area contributed by atoms with Gasteiger partial charge in [-0.3, -0.25) is 4.79 Å². The predicted octanol–water partition coefficient (Wildman–Crippen LogP) is 11.7. The zero-order chi connectivity index (χ0) is 43.7. The van der Waals surface area contributed by atoms with Crippen LogP contribution < -0.4 is 5.32 Å². The van der Waals surface area contributed by atoms with Crippen molar-refractivity contribution in [3.8, 4) is 0 Å². The van der Waals surface area contributed by atoms with Crippen molar-refractivity contribution in [1.29, 1.82) is 0 Å². The van der Waals surface area contributed by atoms with Crippen LogP contribution in [0.15, 0.2) is 12.2 Å². The van der Waals surface area contributed by atoms with Gasteiger partial charge in [-0.1, -0.05) is 238 Å². The van der Waals surface area contributed by atoms with Crippen LogP contribution >= 0.6 is 0 Å². The van der Waals surface area contributed by atoms with Gasteiger partial charge in [-0.05, 0) is 19.3 Å². The molecular formula is C51H99NO8. The Hall–Kier alpha value is -1.07. The van der Waals surface area contributed by atoms with Crippen LogP contribution in [0.2, 0.25) is 0 Å². The number of nitrogens with one attached hydrogen (secondary N) is 1. The molecule has 1 amide bonds. The summed E-state index contributed by atoms with van der Waals surface area (Å²) in [5.74, 6) is -0.172. The van der Waals surface area contributed by atoms with Crippen molar-refractivity contribution in [2.45, 2.75) is 294 Å². The minimum atomic E-state index is -1.56. The monoisotopic (exact) mass is 854 g/mol. The fourth-order valence-electron chi connectivity index (χ4n) is 8.45. The molecule has 0 aromatic heterocycles. The Morgan fingerprint density at radius 3 is 1.30 bits per heavy atom. The molecule has 1 fully saturated rings. The van der Waals surface area contributed by atoms with Crippen LogP contribution in [0.5, 0.6) is 0 Å². The van der Waals surface area contributed by atoms with Crippen LogP contribution in [0.25, 0.3) is 0 Å². The van der Waals surface area contributed by atoms with Gasteiger partial charge >= 0.3 is 0 Å². The van der Waals surface area contributed by atoms with Crippen LogP contribution in [0.1, 0.15) is 251 Å². The smallest absolute Gasteiger partial charge is 0.220 e. The average molecular weight is 854 g/mol. The Balaban J connectivity index is 2.27. The number of ether oxygens (including phenoxy) is 2. The summed E-state index contributed by atoms with van der Waals surface area (Å²) in [5, 5.41) is 54.3. The van der Waals surface area contributed by atoms with E-state index in [9.17, 15) is 30.3 Å². The Bertz CT molecular complexity index is 950. The third-order valence-corrected chi connectivity index (χ3v) is 12.6. The van der Waals surface area contributed by atoms with E-state index in [0.29, 0.717) is 6.42 Å². The molecule has 0 radical (unpaired) electrons. The first kappa shape index (κ1) is 56.9. The normalized spacial score (nSPS) is 20.6. The number of carbonyl (C=O) groups excluding carboxylic acids is 1. The first-order chi connectivity index (χ1) is 29.3. The van der Waals surface area contributed by atoms with Crippen LogP contribution in [0.3, 0.4) is 0 Å². The largest absolute Gasteiger partial charge is 0.394 e. The number of aliphatic hydroxyl groups is 5. The lowest BCUT2D eigenvalue weighted by molar-refractivity contribution is -0.302. The summed E-state index contributed by atoms with van der Waals surface area (Å²) in [6.07, 6.45) is 42.6. The number of carbonyl (C=O) groups is 1. The molecule has 356 valence electrons. The number of hydrogen-bond acceptors (Lipinski definition) is 8. The molecule has 60 heavy (non-hydrogen) atoms. The molecule has 0 spiro atoms. The van der Waals surface area contributed by atoms with Crippen LogP contribution in [0, 0.1) is 0 Å². The molecule has 0 saturated carbocycles. The lowest BCUT2D eigenvalue weighted by Gasteiger charge is -2.40. The SMILES string of the molecule is CCCCCCCCCCCCCCCC/C=C/[C@@H](O)[C@H](CO[C@@H]1O[C@H](CO)[C@@H](O)C(O)C1O)NC(=O)CCCCCCCCCCCCCCCCCCCCCCC. The van der Waals surface area contributed by atoms with Gasteiger partial charge in [0.15, 0.2) is 6.29 Å². The van der Waals surface area contributed by atoms with Gasteiger partial charge in [0.25, 0.3) is 0 Å². The van der Waals surface area contributed by atoms with E-state index < -0.39 is 49.5 Å². The van der Waals surface area contributed by atoms with E-state index >= 15 is 0 Å². The van der Waals surface area contributed by atoms with Gasteiger partial charge in [0.05, 0.1) is 25.4 Å². The van der Waals surface area contributed by atoms with Crippen molar-refractivity contribution in [3.05, 3.63) is 12.2 Å². The molecule has 6 N–H and O–H groups in total. The van der Waals surface area contributed by atoms with Crippen LogP contribution in [-0.4, -0.2) is 87.5 Å². The molecule has 0 bridgehead atoms. The van der Waals surface area contributed by atoms with E-state index in [1.165, 1.54) is 193 Å². The van der Waals surface area contributed by atoms with E-state index in [2.05, 4.69) is 19.2 Å². The molecule has 1 heterocycles. The van der Waals surface area contributed by atoms with E-state index in [1.54, 1.807) is 6.08 Å². The molecule has 0 aromatic carbocycles. The third kappa shape index (κ3) is 31.7. The van der Waals surface area contributed by atoms with Crippen molar-refractivity contribution in [3.63, 3.8) is 0 Å². The van der Waals surface area contributed by atoms with E-state index in [0.717, 1.165) is 38.5 Å². The van der Waals surface area contributed by atoms with Gasteiger partial charge < -0.3 is 40.3 Å². The standard InChI is InChI=1S/C51H99NO8/c1-3-5-7-9-11-13-15-17-19-21-22-23-24-25-27-29-31-33-35-37-39-41-47(55)52-44(43-59-51-50(58)49(57)48(56)46(42-53)60-51)45(54)40-38-36-34-32-30-28-26-20-18-16-14-12-10-8-6-4-2/h38,40,44-46,48-51,53-54,56-58H,3-37,39,41-43H2,1-2H3,(H,52,55)/b40-38+/t44-,45+,46+,48+,49?,50?,51+/m0/s1. The number of aliphatic hydroxyl groups excluding tert-OH is 5. The highest BCUT2D eigenvalue weighted by atomic mass is 16.7. The maximum absolute atomic E-state index is 13.0. The van der Waals surface area contributed by atoms with E-state index in [1.807, 2.05) is 6.08 Å². The number of amides is 1. The zero-order valence-electron chi connectivity index (χ0n) is 39.2. The maximum atomic E-state index is 13.0. The average Bonchev–Trinajstić information content (AvgIpc) is 3.25. The molecule has 9 nitrogen and oxygen atoms in total. The van der Waals surface area contributed by atoms with Gasteiger partial charge in [-0.2, -0.15) is 0 Å². The molecule has 1 rings (SSSR count). The summed E-state index contributed by atoms with van der Waals surface area (Å²) < 4.78 is 11.2. The molecule has 1 aliphatic rings. The molecule has 1 aliphatic heterocycles. The highest BCUT2D eigenvalue weighted by Gasteiger charge is 2.44. The second-order valence-corrected chi connectivity index (χ2v) is 18.3. The number of rotatable bonds is 44. The highest BCUT2D eigenvalue weighted by Crippen LogP contribution is 2.23. The fourth-order valence-corrected chi connectivity index (χ4v) is 8.45. The van der Waals surface area contributed by atoms with Crippen molar-refractivity contribution in [2.24, 2.45) is 0 Å². The van der Waals surface area contributed by atoms with Crippen molar-refractivity contribution in [1.82, 2.24) is 5.32 Å². The summed E-state index contributed by atoms with van der Waals surface area (Å²) in [6.45, 7) is 3.80. The van der Waals surface area contributed by atoms with Gasteiger partial charge in [0.2, 0.25) is 5.91 Å². The molecule has 7 atom stereocenters. The summed E-state index contributed by atoms with van der Waals surface area (Å²) in [4.78, 5) is 13.0. The quantitative estimate of drug-likeness (QED) is 0.0262. The molecule has 2 unspecified atom stereocenters. The molecular weight excluding hydrogens is 755 g/mol. The summed E-state index contributed by atoms with van der Waals surface area (Å²) in [5.41, 5.74) is 0. The van der Waals surface area contributed by atoms with Crippen LogP contribution in [-0.2, 0) is 14.3 Å². The summed E-state index contributed by atoms with van der Waals surface area (Å²) in [6, 6.07) is -0.799. The summed E-state index contributed by atoms with van der Waals surface area (Å²) >= 11 is 0. The minimum absolute atomic E-state index is 0.172. The number of unbranched alkanes of at least 4 members (excludes halogenated alkanes) is 34. The fraction of sp³-hybridized carbons (Fsp3) is 0.941. The first-order valence-electron chi connectivity index (χ1n) is 25.9. The van der Waals surface area contributed by atoms with Crippen molar-refractivity contribution in [2.75, 3.05) is 13.2 Å². The van der Waals surface area contributed by atoms with E-state index in [-0.39, 0.29) is 12.5 Å². The predicted molar refractivity (Wildman–Crippen MR) is 249 cm³/mol. The second-order valence-electron chi connectivity index (χ2n) is 18.3. The Labute approximate surface area is 369 Å². The molecule has 1 saturated heterocycles. The lowest BCUT2D eigenvalue weighted by atomic mass is 9.99. The van der Waals surface area contributed by atoms with E-state index in [4.69, 9.17) is 9.47 Å². The molecule has 0 aliphatic carbocycles. The second kappa shape index (κ2) is 41.9. The van der Waals surface area contributed by atoms with Gasteiger partial charge in [-0.25, -0.2) is 0 Å². The molecule has 0 aromatic rings. The highest BCUT2D eigenvalue weighted by molar-refractivity contribution is 5.76. The van der Waals surface area contributed by atoms with Gasteiger partial charge in [0, 0.05) is 6.42 Å². The van der Waals surface area contributed by atoms with Gasteiger partial charge in [-0.15, -0.1) is 0 Å². The first-order valence-corrected chi connectivity index (χ1v) is 25.9. The van der Waals surface area contributed by atoms with Crippen molar-refractivity contribution >= 4 is 5.91 Å². The van der Waals surface area contributed by atoms with Crippen LogP contribution in [0.4, 0.5) is 0 Å². The summed E-state index contributed by atoms with van der Waals surface area (Å²) in [7, 11) is 0. The number of allylic oxidation sites excluding steroid dienone is 1. The Morgan fingerprint density at radius 1 is 0.550 bits per heavy atom. The zero-order valence-corrected chi connectivity index (χ0v) is 39.2. The van der Waals surface area contributed by atoms with Gasteiger partial charge in [0.1, 0.15) is 24.4 Å². The third-order valence-electron chi connectivity index (χ3n) is 12.6. The molecule has 9 heteroatoms. The Kier molecular flexibility index (Phi) is 39.8. The maximum Gasteiger partial charge on any atom is 0.220 e. The van der Waals surface area contributed by atoms with Crippen molar-refractivity contribution < 1.29 is 39.8 Å². The lowest BCUT2D eigenvalue weighted by Crippen LogP contribution is -2.60. The minimum Gasteiger partial charge on any atom is -0.394 e. The Morgan fingerprint density at radius 2 is 0.917 bits per heavy atom.